The molecule has 0 radical (unpaired) electrons. The third kappa shape index (κ3) is 4.46. The fourth-order valence-electron chi connectivity index (χ4n) is 5.43. The lowest BCUT2D eigenvalue weighted by Gasteiger charge is -2.40. The Morgan fingerprint density at radius 3 is 2.40 bits per heavy atom. The topological polar surface area (TPSA) is 49.9 Å². The lowest BCUT2D eigenvalue weighted by molar-refractivity contribution is 0.0600. The third-order valence-corrected chi connectivity index (χ3v) is 7.39. The lowest BCUT2D eigenvalue weighted by atomic mass is 9.74. The molecule has 0 atom stereocenters. The molecule has 2 heterocycles. The predicted molar refractivity (Wildman–Crippen MR) is 133 cm³/mol. The molecule has 6 heteroatoms. The van der Waals surface area contributed by atoms with E-state index in [0.717, 1.165) is 43.7 Å². The van der Waals surface area contributed by atoms with Gasteiger partial charge in [0.1, 0.15) is 5.82 Å². The summed E-state index contributed by atoms with van der Waals surface area (Å²) >= 11 is 0. The van der Waals surface area contributed by atoms with Gasteiger partial charge in [0, 0.05) is 29.8 Å². The summed E-state index contributed by atoms with van der Waals surface area (Å²) in [5, 5.41) is 0. The number of ether oxygens (including phenoxy) is 1. The first kappa shape index (κ1) is 23.2. The number of benzene rings is 3. The van der Waals surface area contributed by atoms with Crippen molar-refractivity contribution in [2.45, 2.75) is 31.7 Å². The van der Waals surface area contributed by atoms with Crippen LogP contribution in [0.5, 0.6) is 0 Å². The number of carbonyl (C=O) groups is 2. The summed E-state index contributed by atoms with van der Waals surface area (Å²) in [7, 11) is 1.38. The minimum atomic E-state index is -0.401. The van der Waals surface area contributed by atoms with Gasteiger partial charge in [0.25, 0.3) is 5.91 Å². The molecule has 0 unspecified atom stereocenters. The van der Waals surface area contributed by atoms with Crippen LogP contribution in [-0.4, -0.2) is 43.5 Å². The van der Waals surface area contributed by atoms with Crippen molar-refractivity contribution >= 4 is 17.6 Å². The van der Waals surface area contributed by atoms with Gasteiger partial charge in [-0.05, 0) is 80.4 Å². The van der Waals surface area contributed by atoms with Gasteiger partial charge in [-0.25, -0.2) is 9.18 Å². The van der Waals surface area contributed by atoms with Gasteiger partial charge in [0.05, 0.1) is 12.7 Å². The Bertz CT molecular complexity index is 1260. The molecule has 0 bridgehead atoms. The summed E-state index contributed by atoms with van der Waals surface area (Å²) < 4.78 is 18.6. The summed E-state index contributed by atoms with van der Waals surface area (Å²) in [6.07, 6.45) is 1.88. The van der Waals surface area contributed by atoms with Crippen LogP contribution in [0.1, 0.15) is 50.2 Å². The van der Waals surface area contributed by atoms with Crippen LogP contribution in [0.25, 0.3) is 0 Å². The number of anilines is 1. The van der Waals surface area contributed by atoms with Crippen molar-refractivity contribution in [1.82, 2.24) is 4.90 Å². The second-order valence-corrected chi connectivity index (χ2v) is 9.67. The van der Waals surface area contributed by atoms with Gasteiger partial charge < -0.3 is 9.64 Å². The number of fused-ring (bicyclic) bond motifs is 2. The number of esters is 1. The molecule has 0 saturated carbocycles. The molecule has 0 N–H and O–H groups in total. The highest BCUT2D eigenvalue weighted by molar-refractivity contribution is 6.07. The van der Waals surface area contributed by atoms with E-state index in [1.54, 1.807) is 24.3 Å². The van der Waals surface area contributed by atoms with Crippen molar-refractivity contribution in [3.8, 4) is 0 Å². The molecule has 180 valence electrons. The molecule has 3 aromatic carbocycles. The largest absolute Gasteiger partial charge is 0.465 e. The zero-order valence-electron chi connectivity index (χ0n) is 20.1. The molecule has 5 rings (SSSR count). The van der Waals surface area contributed by atoms with E-state index in [1.165, 1.54) is 30.4 Å². The number of likely N-dealkylation sites (tertiary alicyclic amines) is 1. The van der Waals surface area contributed by atoms with Gasteiger partial charge >= 0.3 is 5.97 Å². The van der Waals surface area contributed by atoms with E-state index < -0.39 is 5.82 Å². The van der Waals surface area contributed by atoms with Crippen molar-refractivity contribution in [3.63, 3.8) is 0 Å². The number of aryl methyl sites for hydroxylation is 1. The summed E-state index contributed by atoms with van der Waals surface area (Å²) in [5.41, 5.74) is 5.32. The molecule has 5 nitrogen and oxygen atoms in total. The van der Waals surface area contributed by atoms with E-state index in [1.807, 2.05) is 29.2 Å². The van der Waals surface area contributed by atoms with E-state index in [9.17, 15) is 14.0 Å². The van der Waals surface area contributed by atoms with Crippen LogP contribution in [0.3, 0.4) is 0 Å². The number of rotatable bonds is 4. The Morgan fingerprint density at radius 1 is 0.971 bits per heavy atom. The molecule has 1 spiro atoms. The molecule has 1 amide bonds. The second kappa shape index (κ2) is 9.27. The predicted octanol–water partition coefficient (Wildman–Crippen LogP) is 5.11. The molecule has 1 saturated heterocycles. The monoisotopic (exact) mass is 472 g/mol. The van der Waals surface area contributed by atoms with Crippen LogP contribution >= 0.6 is 0 Å². The number of amides is 1. The SMILES string of the molecule is COC(=O)c1ccc(CN2CCC3(CC2)CN(C(=O)c2cccc(F)c2)c2ccc(C)cc23)cc1. The van der Waals surface area contributed by atoms with Crippen molar-refractivity contribution in [3.05, 3.63) is 100 Å². The molecule has 35 heavy (non-hydrogen) atoms. The molecular formula is C29H29FN2O3. The third-order valence-electron chi connectivity index (χ3n) is 7.39. The smallest absolute Gasteiger partial charge is 0.337 e. The van der Waals surface area contributed by atoms with E-state index in [2.05, 4.69) is 17.9 Å². The Balaban J connectivity index is 1.33. The van der Waals surface area contributed by atoms with E-state index in [0.29, 0.717) is 17.7 Å². The second-order valence-electron chi connectivity index (χ2n) is 9.67. The normalized spacial score (nSPS) is 16.8. The Hall–Kier alpha value is -3.51. The minimum absolute atomic E-state index is 0.102. The van der Waals surface area contributed by atoms with Gasteiger partial charge in [-0.1, -0.05) is 35.9 Å². The molecule has 2 aliphatic heterocycles. The van der Waals surface area contributed by atoms with E-state index in [4.69, 9.17) is 4.74 Å². The Morgan fingerprint density at radius 2 is 1.71 bits per heavy atom. The summed E-state index contributed by atoms with van der Waals surface area (Å²) in [4.78, 5) is 29.3. The standard InChI is InChI=1S/C29H29FN2O3/c1-20-6-11-26-25(16-20)29(19-32(26)27(33)23-4-3-5-24(30)17-23)12-14-31(15-13-29)18-21-7-9-22(10-8-21)28(34)35-2/h3-11,16-17H,12-15,18-19H2,1-2H3. The van der Waals surface area contributed by atoms with Crippen LogP contribution in [0, 0.1) is 12.7 Å². The average Bonchev–Trinajstić information content (AvgIpc) is 3.18. The summed E-state index contributed by atoms with van der Waals surface area (Å²) in [6, 6.07) is 19.8. The minimum Gasteiger partial charge on any atom is -0.465 e. The molecule has 2 aliphatic rings. The molecule has 3 aromatic rings. The van der Waals surface area contributed by atoms with Crippen molar-refractivity contribution in [1.29, 1.82) is 0 Å². The summed E-state index contributed by atoms with van der Waals surface area (Å²) in [6.45, 7) is 5.33. The average molecular weight is 473 g/mol. The Kier molecular flexibility index (Phi) is 6.15. The van der Waals surface area contributed by atoms with Crippen LogP contribution < -0.4 is 4.90 Å². The maximum absolute atomic E-state index is 13.8. The lowest BCUT2D eigenvalue weighted by Crippen LogP contribution is -2.45. The number of nitrogens with zero attached hydrogens (tertiary/aromatic N) is 2. The molecule has 1 fully saturated rings. The fraction of sp³-hybridized carbons (Fsp3) is 0.310. The van der Waals surface area contributed by atoms with Gasteiger partial charge in [-0.2, -0.15) is 0 Å². The number of piperidine rings is 1. The zero-order chi connectivity index (χ0) is 24.6. The van der Waals surface area contributed by atoms with Gasteiger partial charge in [-0.15, -0.1) is 0 Å². The first-order chi connectivity index (χ1) is 16.9. The first-order valence-electron chi connectivity index (χ1n) is 12.0. The highest BCUT2D eigenvalue weighted by Gasteiger charge is 2.46. The van der Waals surface area contributed by atoms with E-state index >= 15 is 0 Å². The van der Waals surface area contributed by atoms with Crippen LogP contribution in [0.2, 0.25) is 0 Å². The molecule has 0 aliphatic carbocycles. The van der Waals surface area contributed by atoms with Gasteiger partial charge in [0.15, 0.2) is 0 Å². The summed E-state index contributed by atoms with van der Waals surface area (Å²) in [5.74, 6) is -0.884. The zero-order valence-corrected chi connectivity index (χ0v) is 20.1. The highest BCUT2D eigenvalue weighted by atomic mass is 19.1. The number of hydrogen-bond donors (Lipinski definition) is 0. The first-order valence-corrected chi connectivity index (χ1v) is 12.0. The number of hydrogen-bond acceptors (Lipinski definition) is 4. The van der Waals surface area contributed by atoms with Crippen LogP contribution in [-0.2, 0) is 16.7 Å². The highest BCUT2D eigenvalue weighted by Crippen LogP contribution is 2.48. The maximum atomic E-state index is 13.8. The van der Waals surface area contributed by atoms with Gasteiger partial charge in [-0.3, -0.25) is 9.69 Å². The maximum Gasteiger partial charge on any atom is 0.337 e. The number of methoxy groups -OCH3 is 1. The van der Waals surface area contributed by atoms with E-state index in [-0.39, 0.29) is 17.3 Å². The van der Waals surface area contributed by atoms with Crippen molar-refractivity contribution in [2.75, 3.05) is 31.6 Å². The van der Waals surface area contributed by atoms with Gasteiger partial charge in [0.2, 0.25) is 0 Å². The molecular weight excluding hydrogens is 443 g/mol. The van der Waals surface area contributed by atoms with Crippen LogP contribution in [0.15, 0.2) is 66.7 Å². The van der Waals surface area contributed by atoms with Crippen molar-refractivity contribution in [2.24, 2.45) is 0 Å². The van der Waals surface area contributed by atoms with Crippen molar-refractivity contribution < 1.29 is 18.7 Å². The quantitative estimate of drug-likeness (QED) is 0.495. The fourth-order valence-corrected chi connectivity index (χ4v) is 5.43. The number of halogens is 1. The number of carbonyl (C=O) groups excluding carboxylic acids is 2. The van der Waals surface area contributed by atoms with Crippen LogP contribution in [0.4, 0.5) is 10.1 Å². The molecule has 0 aromatic heterocycles. The Labute approximate surface area is 205 Å².